The van der Waals surface area contributed by atoms with E-state index in [0.717, 1.165) is 12.0 Å². The van der Waals surface area contributed by atoms with E-state index in [0.29, 0.717) is 34.8 Å². The molecule has 0 spiro atoms. The molecule has 0 unspecified atom stereocenters. The predicted octanol–water partition coefficient (Wildman–Crippen LogP) is 3.95. The molecule has 0 saturated carbocycles. The highest BCUT2D eigenvalue weighted by Gasteiger charge is 2.28. The minimum atomic E-state index is -0.586. The van der Waals surface area contributed by atoms with E-state index >= 15 is 0 Å². The van der Waals surface area contributed by atoms with Crippen LogP contribution in [0.2, 0.25) is 0 Å². The Labute approximate surface area is 174 Å². The fraction of sp³-hybridized carbons (Fsp3) is 0.208. The van der Waals surface area contributed by atoms with Crippen molar-refractivity contribution in [1.82, 2.24) is 4.98 Å². The SMILES string of the molecule is CC[C@H]1COc2cc(O[C@@H](c3ccncc3)c3ccccc3C(N)=O)ccc2C1=O. The van der Waals surface area contributed by atoms with Gasteiger partial charge in [-0.15, -0.1) is 0 Å². The van der Waals surface area contributed by atoms with Crippen molar-refractivity contribution in [1.29, 1.82) is 0 Å². The van der Waals surface area contributed by atoms with Crippen LogP contribution in [0.25, 0.3) is 0 Å². The molecule has 0 bridgehead atoms. The number of ether oxygens (including phenoxy) is 2. The summed E-state index contributed by atoms with van der Waals surface area (Å²) < 4.78 is 12.1. The average Bonchev–Trinajstić information content (AvgIpc) is 2.78. The molecule has 2 heterocycles. The Balaban J connectivity index is 1.72. The fourth-order valence-corrected chi connectivity index (χ4v) is 3.62. The third kappa shape index (κ3) is 3.76. The lowest BCUT2D eigenvalue weighted by molar-refractivity contribution is 0.0825. The van der Waals surface area contributed by atoms with Gasteiger partial charge in [0.1, 0.15) is 17.6 Å². The van der Waals surface area contributed by atoms with Gasteiger partial charge in [-0.1, -0.05) is 25.1 Å². The Morgan fingerprint density at radius 3 is 2.70 bits per heavy atom. The molecule has 4 rings (SSSR count). The van der Waals surface area contributed by atoms with E-state index in [9.17, 15) is 9.59 Å². The van der Waals surface area contributed by atoms with Crippen LogP contribution in [0.1, 0.15) is 51.3 Å². The smallest absolute Gasteiger partial charge is 0.249 e. The van der Waals surface area contributed by atoms with Crippen molar-refractivity contribution in [2.24, 2.45) is 11.7 Å². The highest BCUT2D eigenvalue weighted by molar-refractivity contribution is 6.01. The van der Waals surface area contributed by atoms with Gasteiger partial charge in [-0.3, -0.25) is 14.6 Å². The minimum Gasteiger partial charge on any atom is -0.492 e. The number of nitrogens with zero attached hydrogens (tertiary/aromatic N) is 1. The number of fused-ring (bicyclic) bond motifs is 1. The van der Waals surface area contributed by atoms with E-state index in [2.05, 4.69) is 4.98 Å². The zero-order chi connectivity index (χ0) is 21.1. The first-order valence-electron chi connectivity index (χ1n) is 9.84. The standard InChI is InChI=1S/C24H22N2O4/c1-2-15-14-29-21-13-17(7-8-20(21)22(15)27)30-23(16-9-11-26-12-10-16)18-5-3-4-6-19(18)24(25)28/h3-13,15,23H,2,14H2,1H3,(H2,25,28)/t15-,23-/m0/s1. The number of carbonyl (C=O) groups excluding carboxylic acids is 2. The number of aromatic nitrogens is 1. The molecule has 0 saturated heterocycles. The normalized spacial score (nSPS) is 16.3. The number of hydrogen-bond acceptors (Lipinski definition) is 5. The van der Waals surface area contributed by atoms with Crippen molar-refractivity contribution in [2.75, 3.05) is 6.61 Å². The summed E-state index contributed by atoms with van der Waals surface area (Å²) in [7, 11) is 0. The third-order valence-electron chi connectivity index (χ3n) is 5.29. The lowest BCUT2D eigenvalue weighted by atomic mass is 9.93. The van der Waals surface area contributed by atoms with Gasteiger partial charge in [0.2, 0.25) is 5.91 Å². The molecule has 1 amide bonds. The van der Waals surface area contributed by atoms with E-state index in [-0.39, 0.29) is 11.7 Å². The van der Waals surface area contributed by atoms with Crippen LogP contribution < -0.4 is 15.2 Å². The summed E-state index contributed by atoms with van der Waals surface area (Å²) in [6.45, 7) is 2.34. The number of carbonyl (C=O) groups is 2. The van der Waals surface area contributed by atoms with Crippen molar-refractivity contribution in [3.63, 3.8) is 0 Å². The molecule has 2 N–H and O–H groups in total. The first-order valence-corrected chi connectivity index (χ1v) is 9.84. The summed E-state index contributed by atoms with van der Waals surface area (Å²) in [6.07, 6.45) is 3.48. The van der Waals surface area contributed by atoms with Gasteiger partial charge in [-0.2, -0.15) is 0 Å². The maximum absolute atomic E-state index is 12.6. The van der Waals surface area contributed by atoms with E-state index in [1.165, 1.54) is 0 Å². The summed E-state index contributed by atoms with van der Waals surface area (Å²) in [5.74, 6) is 0.487. The highest BCUT2D eigenvalue weighted by Crippen LogP contribution is 2.35. The number of hydrogen-bond donors (Lipinski definition) is 1. The molecule has 1 aliphatic heterocycles. The van der Waals surface area contributed by atoms with Gasteiger partial charge in [-0.25, -0.2) is 0 Å². The minimum absolute atomic E-state index is 0.0926. The third-order valence-corrected chi connectivity index (χ3v) is 5.29. The van der Waals surface area contributed by atoms with Gasteiger partial charge in [0, 0.05) is 29.6 Å². The maximum Gasteiger partial charge on any atom is 0.249 e. The molecule has 0 radical (unpaired) electrons. The molecule has 2 atom stereocenters. The Morgan fingerprint density at radius 2 is 1.97 bits per heavy atom. The van der Waals surface area contributed by atoms with Gasteiger partial charge >= 0.3 is 0 Å². The number of nitrogens with two attached hydrogens (primary N) is 1. The second kappa shape index (κ2) is 8.37. The van der Waals surface area contributed by atoms with E-state index < -0.39 is 12.0 Å². The molecular formula is C24H22N2O4. The van der Waals surface area contributed by atoms with Gasteiger partial charge < -0.3 is 15.2 Å². The fourth-order valence-electron chi connectivity index (χ4n) is 3.62. The summed E-state index contributed by atoms with van der Waals surface area (Å²) in [5.41, 5.74) is 8.01. The number of benzene rings is 2. The van der Waals surface area contributed by atoms with E-state index in [1.807, 2.05) is 31.2 Å². The van der Waals surface area contributed by atoms with Gasteiger partial charge in [0.15, 0.2) is 5.78 Å². The molecule has 2 aromatic carbocycles. The lowest BCUT2D eigenvalue weighted by Crippen LogP contribution is -2.27. The Hall–Kier alpha value is -3.67. The number of rotatable bonds is 6. The van der Waals surface area contributed by atoms with Crippen molar-refractivity contribution < 1.29 is 19.1 Å². The molecule has 152 valence electrons. The lowest BCUT2D eigenvalue weighted by Gasteiger charge is -2.25. The van der Waals surface area contributed by atoms with Crippen LogP contribution in [0, 0.1) is 5.92 Å². The zero-order valence-electron chi connectivity index (χ0n) is 16.6. The van der Waals surface area contributed by atoms with Crippen LogP contribution in [-0.2, 0) is 0 Å². The van der Waals surface area contributed by atoms with Crippen molar-refractivity contribution in [3.8, 4) is 11.5 Å². The molecule has 0 fully saturated rings. The van der Waals surface area contributed by atoms with Crippen molar-refractivity contribution in [3.05, 3.63) is 89.2 Å². The topological polar surface area (TPSA) is 91.5 Å². The quantitative estimate of drug-likeness (QED) is 0.674. The summed E-state index contributed by atoms with van der Waals surface area (Å²) in [5, 5.41) is 0. The number of primary amides is 1. The summed E-state index contributed by atoms with van der Waals surface area (Å²) >= 11 is 0. The molecule has 1 aromatic heterocycles. The molecule has 1 aliphatic rings. The largest absolute Gasteiger partial charge is 0.492 e. The Morgan fingerprint density at radius 1 is 1.20 bits per heavy atom. The maximum atomic E-state index is 12.6. The number of ketones is 1. The number of Topliss-reactive ketones (excluding diaryl/α,β-unsaturated/α-hetero) is 1. The van der Waals surface area contributed by atoms with E-state index in [4.69, 9.17) is 15.2 Å². The van der Waals surface area contributed by atoms with E-state index in [1.54, 1.807) is 42.7 Å². The monoisotopic (exact) mass is 402 g/mol. The molecule has 3 aromatic rings. The van der Waals surface area contributed by atoms with Crippen LogP contribution in [0.5, 0.6) is 11.5 Å². The first-order chi connectivity index (χ1) is 14.6. The molecule has 6 nitrogen and oxygen atoms in total. The number of pyridine rings is 1. The molecule has 6 heteroatoms. The molecular weight excluding hydrogens is 380 g/mol. The van der Waals surface area contributed by atoms with Gasteiger partial charge in [0.25, 0.3) is 0 Å². The first kappa shape index (κ1) is 19.6. The van der Waals surface area contributed by atoms with Crippen LogP contribution in [0.4, 0.5) is 0 Å². The van der Waals surface area contributed by atoms with Crippen LogP contribution in [0.3, 0.4) is 0 Å². The Kier molecular flexibility index (Phi) is 5.48. The zero-order valence-corrected chi connectivity index (χ0v) is 16.6. The second-order valence-corrected chi connectivity index (χ2v) is 7.17. The van der Waals surface area contributed by atoms with Crippen LogP contribution in [-0.4, -0.2) is 23.3 Å². The predicted molar refractivity (Wildman–Crippen MR) is 112 cm³/mol. The van der Waals surface area contributed by atoms with Crippen molar-refractivity contribution >= 4 is 11.7 Å². The summed E-state index contributed by atoms with van der Waals surface area (Å²) in [4.78, 5) is 28.6. The Bertz CT molecular complexity index is 1080. The highest BCUT2D eigenvalue weighted by atomic mass is 16.5. The van der Waals surface area contributed by atoms with Crippen LogP contribution in [0.15, 0.2) is 67.0 Å². The van der Waals surface area contributed by atoms with Gasteiger partial charge in [0.05, 0.1) is 18.1 Å². The average molecular weight is 402 g/mol. The number of amides is 1. The molecule has 0 aliphatic carbocycles. The second-order valence-electron chi connectivity index (χ2n) is 7.17. The molecule has 30 heavy (non-hydrogen) atoms. The van der Waals surface area contributed by atoms with Gasteiger partial charge in [-0.05, 0) is 42.3 Å². The summed E-state index contributed by atoms with van der Waals surface area (Å²) in [6, 6.07) is 15.9. The van der Waals surface area contributed by atoms with Crippen molar-refractivity contribution in [2.45, 2.75) is 19.4 Å². The van der Waals surface area contributed by atoms with Crippen LogP contribution >= 0.6 is 0 Å².